The summed E-state index contributed by atoms with van der Waals surface area (Å²) in [6.45, 7) is 4.98. The van der Waals surface area contributed by atoms with Crippen LogP contribution in [0.15, 0.2) is 34.8 Å². The van der Waals surface area contributed by atoms with Crippen molar-refractivity contribution < 1.29 is 14.3 Å². The van der Waals surface area contributed by atoms with Gasteiger partial charge in [0.15, 0.2) is 11.0 Å². The highest BCUT2D eigenvalue weighted by Crippen LogP contribution is 2.30. The van der Waals surface area contributed by atoms with Crippen LogP contribution in [0.4, 0.5) is 5.69 Å². The lowest BCUT2D eigenvalue weighted by Crippen LogP contribution is -2.15. The number of benzene rings is 1. The van der Waals surface area contributed by atoms with Gasteiger partial charge in [-0.2, -0.15) is 0 Å². The summed E-state index contributed by atoms with van der Waals surface area (Å²) in [7, 11) is 3.14. The molecule has 0 bridgehead atoms. The number of hydrogen-bond acceptors (Lipinski definition) is 7. The van der Waals surface area contributed by atoms with E-state index in [4.69, 9.17) is 9.47 Å². The Balaban J connectivity index is 1.70. The number of aromatic nitrogens is 3. The van der Waals surface area contributed by atoms with E-state index in [0.29, 0.717) is 17.2 Å². The van der Waals surface area contributed by atoms with Crippen LogP contribution in [0, 0.1) is 6.92 Å². The summed E-state index contributed by atoms with van der Waals surface area (Å²) in [6.07, 6.45) is 0.955. The van der Waals surface area contributed by atoms with Crippen LogP contribution in [0.2, 0.25) is 0 Å². The molecule has 3 aromatic rings. The van der Waals surface area contributed by atoms with Gasteiger partial charge in [0.2, 0.25) is 5.91 Å². The van der Waals surface area contributed by atoms with Gasteiger partial charge in [-0.15, -0.1) is 21.5 Å². The number of nitrogens with one attached hydrogen (secondary N) is 1. The molecule has 1 N–H and O–H groups in total. The van der Waals surface area contributed by atoms with Crippen LogP contribution in [0.5, 0.6) is 11.5 Å². The average molecular weight is 433 g/mol. The van der Waals surface area contributed by atoms with Crippen LogP contribution < -0.4 is 14.8 Å². The second kappa shape index (κ2) is 9.80. The molecule has 0 radical (unpaired) electrons. The Labute approximate surface area is 178 Å². The smallest absolute Gasteiger partial charge is 0.234 e. The van der Waals surface area contributed by atoms with Crippen molar-refractivity contribution in [1.82, 2.24) is 14.8 Å². The monoisotopic (exact) mass is 432 g/mol. The third kappa shape index (κ3) is 5.10. The number of aryl methyl sites for hydroxylation is 1. The normalized spacial score (nSPS) is 10.8. The molecule has 7 nitrogen and oxygen atoms in total. The topological polar surface area (TPSA) is 78.3 Å². The summed E-state index contributed by atoms with van der Waals surface area (Å²) in [5.74, 6) is 2.14. The Hall–Kier alpha value is -2.52. The van der Waals surface area contributed by atoms with Crippen LogP contribution in [-0.4, -0.2) is 40.6 Å². The number of nitrogens with zero attached hydrogens (tertiary/aromatic N) is 3. The van der Waals surface area contributed by atoms with Gasteiger partial charge in [-0.1, -0.05) is 18.7 Å². The highest BCUT2D eigenvalue weighted by atomic mass is 32.2. The van der Waals surface area contributed by atoms with E-state index in [1.165, 1.54) is 16.6 Å². The molecule has 1 amide bonds. The lowest BCUT2D eigenvalue weighted by molar-refractivity contribution is -0.113. The summed E-state index contributed by atoms with van der Waals surface area (Å²) in [6, 6.07) is 7.38. The van der Waals surface area contributed by atoms with Crippen LogP contribution in [0.1, 0.15) is 18.2 Å². The maximum Gasteiger partial charge on any atom is 0.234 e. The van der Waals surface area contributed by atoms with Gasteiger partial charge in [-0.05, 0) is 31.5 Å². The molecule has 0 fully saturated rings. The minimum atomic E-state index is -0.141. The molecule has 9 heteroatoms. The molecule has 0 aliphatic carbocycles. The van der Waals surface area contributed by atoms with Gasteiger partial charge in [0.1, 0.15) is 11.5 Å². The number of hydrogen-bond donors (Lipinski definition) is 1. The van der Waals surface area contributed by atoms with Crippen molar-refractivity contribution in [3.8, 4) is 22.9 Å². The van der Waals surface area contributed by atoms with Gasteiger partial charge in [-0.25, -0.2) is 0 Å². The summed E-state index contributed by atoms with van der Waals surface area (Å²) in [4.78, 5) is 13.7. The SMILES string of the molecule is CCCn1c(SCC(=O)Nc2ccc(OC)cc2OC)nnc1-c1csc(C)c1. The summed E-state index contributed by atoms with van der Waals surface area (Å²) in [5.41, 5.74) is 1.66. The third-order valence-electron chi connectivity index (χ3n) is 4.17. The molecule has 29 heavy (non-hydrogen) atoms. The molecule has 2 heterocycles. The maximum atomic E-state index is 12.5. The van der Waals surface area contributed by atoms with Crippen LogP contribution >= 0.6 is 23.1 Å². The first-order valence-corrected chi connectivity index (χ1v) is 11.1. The first-order valence-electron chi connectivity index (χ1n) is 9.19. The van der Waals surface area contributed by atoms with E-state index >= 15 is 0 Å². The maximum absolute atomic E-state index is 12.5. The van der Waals surface area contributed by atoms with Crippen LogP contribution in [-0.2, 0) is 11.3 Å². The van der Waals surface area contributed by atoms with E-state index in [9.17, 15) is 4.79 Å². The van der Waals surface area contributed by atoms with Crippen molar-refractivity contribution in [1.29, 1.82) is 0 Å². The number of ether oxygens (including phenoxy) is 2. The predicted octanol–water partition coefficient (Wildman–Crippen LogP) is 4.47. The highest BCUT2D eigenvalue weighted by Gasteiger charge is 2.17. The number of anilines is 1. The molecular formula is C20H24N4O3S2. The van der Waals surface area contributed by atoms with Crippen LogP contribution in [0.3, 0.4) is 0 Å². The van der Waals surface area contributed by atoms with E-state index in [-0.39, 0.29) is 11.7 Å². The van der Waals surface area contributed by atoms with Crippen molar-refractivity contribution in [3.63, 3.8) is 0 Å². The minimum Gasteiger partial charge on any atom is -0.497 e. The Morgan fingerprint density at radius 1 is 1.24 bits per heavy atom. The van der Waals surface area contributed by atoms with Crippen molar-refractivity contribution >= 4 is 34.7 Å². The summed E-state index contributed by atoms with van der Waals surface area (Å²) in [5, 5.41) is 14.4. The number of carbonyl (C=O) groups is 1. The van der Waals surface area contributed by atoms with E-state index in [0.717, 1.165) is 29.5 Å². The van der Waals surface area contributed by atoms with E-state index < -0.39 is 0 Å². The fourth-order valence-electron chi connectivity index (χ4n) is 2.81. The average Bonchev–Trinajstić information content (AvgIpc) is 3.33. The molecule has 0 saturated carbocycles. The molecule has 0 spiro atoms. The standard InChI is InChI=1S/C20H24N4O3S2/c1-5-8-24-19(14-9-13(2)28-11-14)22-23-20(24)29-12-18(25)21-16-7-6-15(26-3)10-17(16)27-4/h6-7,9-11H,5,8,12H2,1-4H3,(H,21,25). The Kier molecular flexibility index (Phi) is 7.16. The molecule has 0 unspecified atom stereocenters. The second-order valence-electron chi connectivity index (χ2n) is 6.31. The number of thioether (sulfide) groups is 1. The first-order chi connectivity index (χ1) is 14.0. The van der Waals surface area contributed by atoms with Crippen molar-refractivity contribution in [2.75, 3.05) is 25.3 Å². The van der Waals surface area contributed by atoms with Crippen LogP contribution in [0.25, 0.3) is 11.4 Å². The molecule has 0 saturated heterocycles. The minimum absolute atomic E-state index is 0.141. The Morgan fingerprint density at radius 3 is 2.72 bits per heavy atom. The highest BCUT2D eigenvalue weighted by molar-refractivity contribution is 7.99. The molecule has 0 aliphatic rings. The van der Waals surface area contributed by atoms with Gasteiger partial charge < -0.3 is 19.4 Å². The molecule has 0 atom stereocenters. The zero-order valence-corrected chi connectivity index (χ0v) is 18.5. The quantitative estimate of drug-likeness (QED) is 0.503. The van der Waals surface area contributed by atoms with Gasteiger partial charge in [0.25, 0.3) is 0 Å². The van der Waals surface area contributed by atoms with Gasteiger partial charge in [0.05, 0.1) is 25.7 Å². The lowest BCUT2D eigenvalue weighted by Gasteiger charge is -2.12. The first kappa shape index (κ1) is 21.2. The van der Waals surface area contributed by atoms with E-state index in [1.807, 2.05) is 0 Å². The molecule has 154 valence electrons. The molecule has 1 aromatic carbocycles. The fraction of sp³-hybridized carbons (Fsp3) is 0.350. The lowest BCUT2D eigenvalue weighted by atomic mass is 10.2. The van der Waals surface area contributed by atoms with Crippen molar-refractivity contribution in [2.24, 2.45) is 0 Å². The van der Waals surface area contributed by atoms with Crippen molar-refractivity contribution in [2.45, 2.75) is 32.0 Å². The van der Waals surface area contributed by atoms with E-state index in [2.05, 4.69) is 45.4 Å². The third-order valence-corrected chi connectivity index (χ3v) is 6.00. The number of methoxy groups -OCH3 is 2. The van der Waals surface area contributed by atoms with Gasteiger partial charge in [-0.3, -0.25) is 4.79 Å². The molecular weight excluding hydrogens is 408 g/mol. The molecule has 2 aromatic heterocycles. The van der Waals surface area contributed by atoms with Gasteiger partial charge in [0, 0.05) is 28.4 Å². The summed E-state index contributed by atoms with van der Waals surface area (Å²) < 4.78 is 12.6. The van der Waals surface area contributed by atoms with Gasteiger partial charge >= 0.3 is 0 Å². The summed E-state index contributed by atoms with van der Waals surface area (Å²) >= 11 is 3.06. The second-order valence-corrected chi connectivity index (χ2v) is 8.36. The fourth-order valence-corrected chi connectivity index (χ4v) is 4.26. The molecule has 3 rings (SSSR count). The van der Waals surface area contributed by atoms with E-state index in [1.54, 1.807) is 43.8 Å². The zero-order chi connectivity index (χ0) is 20.8. The Morgan fingerprint density at radius 2 is 2.07 bits per heavy atom. The number of rotatable bonds is 9. The molecule has 0 aliphatic heterocycles. The predicted molar refractivity (Wildman–Crippen MR) is 117 cm³/mol. The number of carbonyl (C=O) groups excluding carboxylic acids is 1. The zero-order valence-electron chi connectivity index (χ0n) is 16.9. The largest absolute Gasteiger partial charge is 0.497 e. The Bertz CT molecular complexity index is 984. The van der Waals surface area contributed by atoms with Crippen molar-refractivity contribution in [3.05, 3.63) is 34.5 Å². The number of amides is 1. The number of thiophene rings is 1.